The minimum atomic E-state index is -0.234. The van der Waals surface area contributed by atoms with Crippen molar-refractivity contribution in [3.05, 3.63) is 95.8 Å². The Bertz CT molecular complexity index is 794. The van der Waals surface area contributed by atoms with Gasteiger partial charge < -0.3 is 10.1 Å². The molecule has 1 heterocycles. The molecule has 0 spiro atoms. The topological polar surface area (TPSA) is 51.2 Å². The second-order valence-corrected chi connectivity index (χ2v) is 6.32. The number of amides is 1. The Balaban J connectivity index is 1.75. The van der Waals surface area contributed by atoms with E-state index >= 15 is 0 Å². The lowest BCUT2D eigenvalue weighted by Crippen LogP contribution is -2.29. The van der Waals surface area contributed by atoms with Crippen LogP contribution in [0.3, 0.4) is 0 Å². The van der Waals surface area contributed by atoms with Gasteiger partial charge in [-0.05, 0) is 53.9 Å². The Morgan fingerprint density at radius 1 is 0.963 bits per heavy atom. The van der Waals surface area contributed by atoms with Gasteiger partial charge in [-0.2, -0.15) is 0 Å². The highest BCUT2D eigenvalue weighted by Gasteiger charge is 2.17. The molecule has 0 fully saturated rings. The van der Waals surface area contributed by atoms with Gasteiger partial charge in [0.2, 0.25) is 0 Å². The molecular formula is C23H24N2O2. The monoisotopic (exact) mass is 360 g/mol. The molecule has 3 rings (SSSR count). The molecule has 0 aliphatic heterocycles. The molecule has 138 valence electrons. The summed E-state index contributed by atoms with van der Waals surface area (Å²) >= 11 is 0. The van der Waals surface area contributed by atoms with Crippen LogP contribution in [0.15, 0.2) is 79.1 Å². The van der Waals surface area contributed by atoms with E-state index in [1.54, 1.807) is 24.5 Å². The summed E-state index contributed by atoms with van der Waals surface area (Å²) in [6.07, 6.45) is 5.59. The Morgan fingerprint density at radius 3 is 2.30 bits per heavy atom. The van der Waals surface area contributed by atoms with Gasteiger partial charge in [0, 0.05) is 18.0 Å². The predicted octanol–water partition coefficient (Wildman–Crippen LogP) is 4.78. The highest BCUT2D eigenvalue weighted by molar-refractivity contribution is 5.94. The summed E-state index contributed by atoms with van der Waals surface area (Å²) in [5.41, 5.74) is 2.62. The molecule has 4 heteroatoms. The summed E-state index contributed by atoms with van der Waals surface area (Å²) in [5, 5.41) is 3.13. The smallest absolute Gasteiger partial charge is 0.252 e. The molecule has 0 saturated carbocycles. The van der Waals surface area contributed by atoms with E-state index in [9.17, 15) is 4.79 Å². The molecule has 1 atom stereocenters. The number of carbonyl (C=O) groups excluding carboxylic acids is 1. The first-order valence-electron chi connectivity index (χ1n) is 9.26. The molecule has 27 heavy (non-hydrogen) atoms. The average Bonchev–Trinajstić information content (AvgIpc) is 2.74. The van der Waals surface area contributed by atoms with Gasteiger partial charge in [0.1, 0.15) is 5.75 Å². The molecule has 3 aromatic rings. The lowest BCUT2D eigenvalue weighted by atomic mass is 9.99. The molecule has 1 unspecified atom stereocenters. The molecule has 0 radical (unpaired) electrons. The number of carbonyl (C=O) groups is 1. The highest BCUT2D eigenvalue weighted by Crippen LogP contribution is 2.22. The first-order chi connectivity index (χ1) is 13.3. The largest absolute Gasteiger partial charge is 0.494 e. The number of hydrogen-bond donors (Lipinski definition) is 1. The minimum Gasteiger partial charge on any atom is -0.494 e. The van der Waals surface area contributed by atoms with Crippen molar-refractivity contribution in [1.29, 1.82) is 0 Å². The zero-order valence-corrected chi connectivity index (χ0v) is 15.5. The first-order valence-corrected chi connectivity index (χ1v) is 9.26. The number of nitrogens with zero attached hydrogens (tertiary/aromatic N) is 1. The fourth-order valence-electron chi connectivity index (χ4n) is 2.81. The summed E-state index contributed by atoms with van der Waals surface area (Å²) in [6.45, 7) is 2.82. The van der Waals surface area contributed by atoms with E-state index in [0.717, 1.165) is 29.7 Å². The van der Waals surface area contributed by atoms with E-state index in [4.69, 9.17) is 4.74 Å². The van der Waals surface area contributed by atoms with Crippen molar-refractivity contribution in [3.8, 4) is 5.75 Å². The average molecular weight is 360 g/mol. The Labute approximate surface area is 160 Å². The fourth-order valence-corrected chi connectivity index (χ4v) is 2.81. The molecule has 0 bridgehead atoms. The standard InChI is InChI=1S/C23H24N2O2/c1-2-3-17-27-21-11-9-20(10-12-21)23(26)25-22(18-7-5-4-6-8-18)19-13-15-24-16-14-19/h4-16,22H,2-3,17H2,1H3,(H,25,26). The van der Waals surface area contributed by atoms with Crippen LogP contribution in [-0.2, 0) is 0 Å². The molecular weight excluding hydrogens is 336 g/mol. The van der Waals surface area contributed by atoms with Gasteiger partial charge in [0.15, 0.2) is 0 Å². The first kappa shape index (κ1) is 18.6. The molecule has 2 aromatic carbocycles. The number of benzene rings is 2. The third-order valence-corrected chi connectivity index (χ3v) is 4.33. The minimum absolute atomic E-state index is 0.124. The normalized spacial score (nSPS) is 11.6. The third kappa shape index (κ3) is 5.17. The number of aromatic nitrogens is 1. The van der Waals surface area contributed by atoms with Gasteiger partial charge in [0.05, 0.1) is 12.6 Å². The lowest BCUT2D eigenvalue weighted by molar-refractivity contribution is 0.0943. The van der Waals surface area contributed by atoms with Crippen molar-refractivity contribution >= 4 is 5.91 Å². The Morgan fingerprint density at radius 2 is 1.63 bits per heavy atom. The van der Waals surface area contributed by atoms with Gasteiger partial charge in [-0.15, -0.1) is 0 Å². The number of ether oxygens (including phenoxy) is 1. The molecule has 0 aliphatic rings. The van der Waals surface area contributed by atoms with Gasteiger partial charge in [-0.1, -0.05) is 43.7 Å². The van der Waals surface area contributed by atoms with Crippen molar-refractivity contribution in [1.82, 2.24) is 10.3 Å². The van der Waals surface area contributed by atoms with Crippen LogP contribution in [0.2, 0.25) is 0 Å². The lowest BCUT2D eigenvalue weighted by Gasteiger charge is -2.20. The highest BCUT2D eigenvalue weighted by atomic mass is 16.5. The molecule has 4 nitrogen and oxygen atoms in total. The number of rotatable bonds is 8. The van der Waals surface area contributed by atoms with E-state index in [-0.39, 0.29) is 11.9 Å². The zero-order valence-electron chi connectivity index (χ0n) is 15.5. The number of unbranched alkanes of at least 4 members (excludes halogenated alkanes) is 1. The number of pyridine rings is 1. The summed E-state index contributed by atoms with van der Waals surface area (Å²) in [4.78, 5) is 16.9. The Hall–Kier alpha value is -3.14. The predicted molar refractivity (Wildman–Crippen MR) is 107 cm³/mol. The summed E-state index contributed by atoms with van der Waals surface area (Å²) < 4.78 is 5.66. The molecule has 1 aromatic heterocycles. The van der Waals surface area contributed by atoms with E-state index in [0.29, 0.717) is 12.2 Å². The van der Waals surface area contributed by atoms with Crippen LogP contribution in [0.1, 0.15) is 47.3 Å². The van der Waals surface area contributed by atoms with Crippen molar-refractivity contribution in [2.45, 2.75) is 25.8 Å². The van der Waals surface area contributed by atoms with Crippen LogP contribution in [0.4, 0.5) is 0 Å². The number of hydrogen-bond acceptors (Lipinski definition) is 3. The molecule has 0 aliphatic carbocycles. The maximum Gasteiger partial charge on any atom is 0.252 e. The van der Waals surface area contributed by atoms with Gasteiger partial charge >= 0.3 is 0 Å². The quantitative estimate of drug-likeness (QED) is 0.588. The summed E-state index contributed by atoms with van der Waals surface area (Å²) in [5.74, 6) is 0.662. The van der Waals surface area contributed by atoms with Crippen LogP contribution in [0.5, 0.6) is 5.75 Å². The molecule has 0 saturated heterocycles. The second-order valence-electron chi connectivity index (χ2n) is 6.32. The maximum atomic E-state index is 12.8. The zero-order chi connectivity index (χ0) is 18.9. The van der Waals surface area contributed by atoms with Crippen LogP contribution in [-0.4, -0.2) is 17.5 Å². The van der Waals surface area contributed by atoms with Crippen molar-refractivity contribution < 1.29 is 9.53 Å². The van der Waals surface area contributed by atoms with Crippen molar-refractivity contribution in [3.63, 3.8) is 0 Å². The van der Waals surface area contributed by atoms with Gasteiger partial charge in [-0.3, -0.25) is 9.78 Å². The van der Waals surface area contributed by atoms with Crippen molar-refractivity contribution in [2.24, 2.45) is 0 Å². The van der Waals surface area contributed by atoms with Crippen LogP contribution in [0.25, 0.3) is 0 Å². The van der Waals surface area contributed by atoms with Crippen LogP contribution < -0.4 is 10.1 Å². The second kappa shape index (κ2) is 9.53. The van der Waals surface area contributed by atoms with Crippen LogP contribution in [0, 0.1) is 0 Å². The van der Waals surface area contributed by atoms with E-state index in [2.05, 4.69) is 17.2 Å². The fraction of sp³-hybridized carbons (Fsp3) is 0.217. The molecule has 1 amide bonds. The van der Waals surface area contributed by atoms with E-state index in [1.807, 2.05) is 54.6 Å². The van der Waals surface area contributed by atoms with Crippen molar-refractivity contribution in [2.75, 3.05) is 6.61 Å². The Kier molecular flexibility index (Phi) is 6.58. The van der Waals surface area contributed by atoms with Gasteiger partial charge in [0.25, 0.3) is 5.91 Å². The van der Waals surface area contributed by atoms with Gasteiger partial charge in [-0.25, -0.2) is 0 Å². The molecule has 1 N–H and O–H groups in total. The maximum absolute atomic E-state index is 12.8. The SMILES string of the molecule is CCCCOc1ccc(C(=O)NC(c2ccccc2)c2ccncc2)cc1. The van der Waals surface area contributed by atoms with E-state index < -0.39 is 0 Å². The summed E-state index contributed by atoms with van der Waals surface area (Å²) in [6, 6.07) is 20.8. The van der Waals surface area contributed by atoms with E-state index in [1.165, 1.54) is 0 Å². The third-order valence-electron chi connectivity index (χ3n) is 4.33. The number of nitrogens with one attached hydrogen (secondary N) is 1. The summed E-state index contributed by atoms with van der Waals surface area (Å²) in [7, 11) is 0. The van der Waals surface area contributed by atoms with Crippen LogP contribution >= 0.6 is 0 Å².